The predicted octanol–water partition coefficient (Wildman–Crippen LogP) is 7.77. The van der Waals surface area contributed by atoms with Gasteiger partial charge < -0.3 is 14.0 Å². The molecule has 0 radical (unpaired) electrons. The van der Waals surface area contributed by atoms with Crippen molar-refractivity contribution in [2.45, 2.75) is 13.2 Å². The second-order valence-electron chi connectivity index (χ2n) is 9.40. The van der Waals surface area contributed by atoms with Crippen LogP contribution in [0.5, 0.6) is 11.5 Å². The molecule has 4 heteroatoms. The largest absolute Gasteiger partial charge is 0.489 e. The molecule has 0 spiro atoms. The number of ether oxygens (including phenoxy) is 2. The van der Waals surface area contributed by atoms with E-state index in [1.54, 1.807) is 0 Å². The molecule has 0 saturated heterocycles. The Morgan fingerprint density at radius 1 is 0.500 bits per heavy atom. The SMILES string of the molecule is C=Cc1ccc(COc2ccc(P(=O)(c3ccccc3)c3ccc(OCc4ccc(C=C)cc4)cc3)cc2)cc1. The Morgan fingerprint density at radius 3 is 1.25 bits per heavy atom. The molecule has 0 aromatic heterocycles. The molecule has 5 aromatic rings. The fraction of sp³-hybridized carbons (Fsp3) is 0.0556. The third kappa shape index (κ3) is 6.17. The molecule has 5 aromatic carbocycles. The highest BCUT2D eigenvalue weighted by molar-refractivity contribution is 7.85. The molecule has 0 fully saturated rings. The lowest BCUT2D eigenvalue weighted by atomic mass is 10.1. The summed E-state index contributed by atoms with van der Waals surface area (Å²) in [5.41, 5.74) is 4.28. The average Bonchev–Trinajstić information content (AvgIpc) is 3.04. The van der Waals surface area contributed by atoms with E-state index in [2.05, 4.69) is 13.2 Å². The zero-order valence-corrected chi connectivity index (χ0v) is 23.2. The molecule has 198 valence electrons. The number of hydrogen-bond acceptors (Lipinski definition) is 3. The summed E-state index contributed by atoms with van der Waals surface area (Å²) in [5, 5.41) is 2.27. The first kappa shape index (κ1) is 27.0. The second kappa shape index (κ2) is 12.5. The average molecular weight is 543 g/mol. The molecule has 0 amide bonds. The van der Waals surface area contributed by atoms with Crippen LogP contribution in [0.4, 0.5) is 0 Å². The lowest BCUT2D eigenvalue weighted by Gasteiger charge is -2.20. The van der Waals surface area contributed by atoms with Gasteiger partial charge in [-0.2, -0.15) is 0 Å². The van der Waals surface area contributed by atoms with E-state index in [0.717, 1.165) is 49.7 Å². The van der Waals surface area contributed by atoms with Gasteiger partial charge in [-0.3, -0.25) is 0 Å². The fourth-order valence-corrected chi connectivity index (χ4v) is 7.05. The maximum absolute atomic E-state index is 14.8. The van der Waals surface area contributed by atoms with Crippen LogP contribution in [-0.2, 0) is 17.8 Å². The molecule has 0 saturated carbocycles. The summed E-state index contributed by atoms with van der Waals surface area (Å²) in [5.74, 6) is 1.45. The Balaban J connectivity index is 1.34. The molecule has 0 aliphatic rings. The van der Waals surface area contributed by atoms with Gasteiger partial charge in [0.1, 0.15) is 24.7 Å². The standard InChI is InChI=1S/C36H31O3P/c1-3-28-10-14-30(15-11-28)26-38-32-18-22-35(23-19-32)40(37,34-8-6-5-7-9-34)36-24-20-33(21-25-36)39-27-31-16-12-29(4-2)13-17-31/h3-25H,1-2,26-27H2. The van der Waals surface area contributed by atoms with Crippen LogP contribution >= 0.6 is 7.14 Å². The highest BCUT2D eigenvalue weighted by Gasteiger charge is 2.29. The lowest BCUT2D eigenvalue weighted by molar-refractivity contribution is 0.306. The van der Waals surface area contributed by atoms with Gasteiger partial charge in [0.15, 0.2) is 7.14 Å². The van der Waals surface area contributed by atoms with Crippen LogP contribution in [0.15, 0.2) is 141 Å². The van der Waals surface area contributed by atoms with Crippen molar-refractivity contribution in [2.75, 3.05) is 0 Å². The van der Waals surface area contributed by atoms with Gasteiger partial charge in [0.05, 0.1) is 0 Å². The summed E-state index contributed by atoms with van der Waals surface area (Å²) >= 11 is 0. The first-order chi connectivity index (χ1) is 19.6. The van der Waals surface area contributed by atoms with E-state index in [1.807, 2.05) is 140 Å². The number of benzene rings is 5. The highest BCUT2D eigenvalue weighted by atomic mass is 31.2. The van der Waals surface area contributed by atoms with Gasteiger partial charge >= 0.3 is 0 Å². The van der Waals surface area contributed by atoms with E-state index in [9.17, 15) is 4.57 Å². The van der Waals surface area contributed by atoms with E-state index < -0.39 is 7.14 Å². The van der Waals surface area contributed by atoms with Crippen molar-refractivity contribution >= 4 is 35.2 Å². The van der Waals surface area contributed by atoms with Gasteiger partial charge in [-0.1, -0.05) is 104 Å². The van der Waals surface area contributed by atoms with Gasteiger partial charge in [-0.15, -0.1) is 0 Å². The Labute approximate surface area is 236 Å². The molecule has 0 heterocycles. The molecule has 0 atom stereocenters. The molecule has 0 aliphatic heterocycles. The van der Waals surface area contributed by atoms with Gasteiger partial charge in [-0.05, 0) is 70.8 Å². The van der Waals surface area contributed by atoms with E-state index in [0.29, 0.717) is 13.2 Å². The van der Waals surface area contributed by atoms with Gasteiger partial charge in [-0.25, -0.2) is 0 Å². The van der Waals surface area contributed by atoms with Crippen LogP contribution in [0.1, 0.15) is 22.3 Å². The summed E-state index contributed by atoms with van der Waals surface area (Å²) in [6, 6.07) is 41.0. The Morgan fingerprint density at radius 2 is 0.875 bits per heavy atom. The minimum Gasteiger partial charge on any atom is -0.489 e. The maximum atomic E-state index is 14.8. The molecular formula is C36H31O3P. The Kier molecular flexibility index (Phi) is 8.44. The molecule has 0 unspecified atom stereocenters. The fourth-order valence-electron chi connectivity index (χ4n) is 4.42. The number of hydrogen-bond donors (Lipinski definition) is 0. The van der Waals surface area contributed by atoms with Crippen LogP contribution < -0.4 is 25.4 Å². The molecule has 5 rings (SSSR count). The minimum absolute atomic E-state index is 0.451. The second-order valence-corrected chi connectivity index (χ2v) is 12.2. The zero-order valence-electron chi connectivity index (χ0n) is 22.3. The monoisotopic (exact) mass is 542 g/mol. The van der Waals surface area contributed by atoms with Gasteiger partial charge in [0.25, 0.3) is 0 Å². The van der Waals surface area contributed by atoms with Gasteiger partial charge in [0, 0.05) is 15.9 Å². The van der Waals surface area contributed by atoms with E-state index in [4.69, 9.17) is 9.47 Å². The Hall–Kier alpha value is -4.59. The van der Waals surface area contributed by atoms with E-state index in [-0.39, 0.29) is 0 Å². The van der Waals surface area contributed by atoms with Gasteiger partial charge in [0.2, 0.25) is 0 Å². The van der Waals surface area contributed by atoms with E-state index >= 15 is 0 Å². The molecule has 0 bridgehead atoms. The van der Waals surface area contributed by atoms with Crippen molar-refractivity contribution in [1.29, 1.82) is 0 Å². The van der Waals surface area contributed by atoms with Crippen LogP contribution in [0.2, 0.25) is 0 Å². The molecule has 0 N–H and O–H groups in total. The van der Waals surface area contributed by atoms with Crippen LogP contribution in [-0.4, -0.2) is 0 Å². The van der Waals surface area contributed by atoms with Crippen molar-refractivity contribution in [3.8, 4) is 11.5 Å². The first-order valence-electron chi connectivity index (χ1n) is 13.1. The summed E-state index contributed by atoms with van der Waals surface area (Å²) in [7, 11) is -3.12. The summed E-state index contributed by atoms with van der Waals surface area (Å²) in [6.45, 7) is 8.49. The van der Waals surface area contributed by atoms with Crippen molar-refractivity contribution < 1.29 is 14.0 Å². The number of rotatable bonds is 11. The molecular weight excluding hydrogens is 511 g/mol. The first-order valence-corrected chi connectivity index (χ1v) is 14.8. The highest BCUT2D eigenvalue weighted by Crippen LogP contribution is 2.43. The summed E-state index contributed by atoms with van der Waals surface area (Å²) in [4.78, 5) is 0. The van der Waals surface area contributed by atoms with Crippen LogP contribution in [0, 0.1) is 0 Å². The quantitative estimate of drug-likeness (QED) is 0.160. The summed E-state index contributed by atoms with van der Waals surface area (Å²) < 4.78 is 26.8. The third-order valence-electron chi connectivity index (χ3n) is 6.76. The summed E-state index contributed by atoms with van der Waals surface area (Å²) in [6.07, 6.45) is 3.64. The molecule has 0 aliphatic carbocycles. The van der Waals surface area contributed by atoms with Crippen molar-refractivity contribution in [3.63, 3.8) is 0 Å². The predicted molar refractivity (Wildman–Crippen MR) is 168 cm³/mol. The van der Waals surface area contributed by atoms with Crippen LogP contribution in [0.25, 0.3) is 12.2 Å². The van der Waals surface area contributed by atoms with Crippen molar-refractivity contribution in [3.05, 3.63) is 163 Å². The third-order valence-corrected chi connectivity index (χ3v) is 9.84. The smallest absolute Gasteiger partial charge is 0.171 e. The molecule has 3 nitrogen and oxygen atoms in total. The van der Waals surface area contributed by atoms with Crippen molar-refractivity contribution in [2.24, 2.45) is 0 Å². The normalized spacial score (nSPS) is 11.0. The topological polar surface area (TPSA) is 35.5 Å². The lowest BCUT2D eigenvalue weighted by Crippen LogP contribution is -2.25. The van der Waals surface area contributed by atoms with Crippen LogP contribution in [0.3, 0.4) is 0 Å². The zero-order chi connectivity index (χ0) is 27.8. The minimum atomic E-state index is -3.12. The maximum Gasteiger partial charge on any atom is 0.171 e. The van der Waals surface area contributed by atoms with E-state index in [1.165, 1.54) is 0 Å². The van der Waals surface area contributed by atoms with Crippen molar-refractivity contribution in [1.82, 2.24) is 0 Å². The molecule has 40 heavy (non-hydrogen) atoms. The Bertz CT molecular complexity index is 1500.